The van der Waals surface area contributed by atoms with Crippen LogP contribution in [0.5, 0.6) is 0 Å². The Hall–Kier alpha value is -2.19. The maximum atomic E-state index is 4.47. The minimum atomic E-state index is 0.192. The van der Waals surface area contributed by atoms with Gasteiger partial charge in [0.2, 0.25) is 0 Å². The maximum Gasteiger partial charge on any atom is 0.0705 e. The van der Waals surface area contributed by atoms with Crippen molar-refractivity contribution in [2.75, 3.05) is 7.05 Å². The number of nitrogens with zero attached hydrogens (tertiary/aromatic N) is 1. The third-order valence-corrected chi connectivity index (χ3v) is 4.08. The summed E-state index contributed by atoms with van der Waals surface area (Å²) in [4.78, 5) is 4.47. The van der Waals surface area contributed by atoms with Gasteiger partial charge in [0.05, 0.1) is 11.6 Å². The van der Waals surface area contributed by atoms with Gasteiger partial charge in [0.25, 0.3) is 0 Å². The second-order valence-electron chi connectivity index (χ2n) is 5.48. The van der Waals surface area contributed by atoms with Crippen molar-refractivity contribution >= 4 is 10.9 Å². The summed E-state index contributed by atoms with van der Waals surface area (Å²) < 4.78 is 0. The fourth-order valence-corrected chi connectivity index (χ4v) is 3.02. The predicted octanol–water partition coefficient (Wildman–Crippen LogP) is 4.16. The molecule has 0 amide bonds. The van der Waals surface area contributed by atoms with Crippen LogP contribution in [0.25, 0.3) is 10.9 Å². The quantitative estimate of drug-likeness (QED) is 0.777. The van der Waals surface area contributed by atoms with Crippen molar-refractivity contribution in [3.05, 3.63) is 77.0 Å². The van der Waals surface area contributed by atoms with Crippen LogP contribution in [0, 0.1) is 13.8 Å². The van der Waals surface area contributed by atoms with Crippen molar-refractivity contribution in [3.63, 3.8) is 0 Å². The highest BCUT2D eigenvalue weighted by Gasteiger charge is 2.16. The number of aromatic nitrogens is 1. The van der Waals surface area contributed by atoms with Crippen molar-refractivity contribution in [1.82, 2.24) is 10.3 Å². The summed E-state index contributed by atoms with van der Waals surface area (Å²) in [5.41, 5.74) is 6.28. The molecule has 1 atom stereocenters. The monoisotopic (exact) mass is 276 g/mol. The Bertz CT molecular complexity index is 757. The van der Waals surface area contributed by atoms with E-state index in [0.717, 1.165) is 5.52 Å². The lowest BCUT2D eigenvalue weighted by atomic mass is 9.91. The van der Waals surface area contributed by atoms with E-state index in [9.17, 15) is 0 Å². The zero-order valence-corrected chi connectivity index (χ0v) is 12.7. The molecule has 0 bridgehead atoms. The Morgan fingerprint density at radius 1 is 0.952 bits per heavy atom. The van der Waals surface area contributed by atoms with E-state index in [2.05, 4.69) is 66.6 Å². The molecule has 0 saturated heterocycles. The van der Waals surface area contributed by atoms with Crippen molar-refractivity contribution in [3.8, 4) is 0 Å². The molecule has 0 radical (unpaired) electrons. The molecule has 0 aliphatic carbocycles. The number of nitrogens with one attached hydrogen (secondary N) is 1. The second kappa shape index (κ2) is 5.66. The van der Waals surface area contributed by atoms with Crippen LogP contribution in [0.4, 0.5) is 0 Å². The van der Waals surface area contributed by atoms with Crippen molar-refractivity contribution in [1.29, 1.82) is 0 Å². The lowest BCUT2D eigenvalue weighted by Gasteiger charge is -2.22. The summed E-state index contributed by atoms with van der Waals surface area (Å²) >= 11 is 0. The Kier molecular flexibility index (Phi) is 3.72. The third-order valence-electron chi connectivity index (χ3n) is 4.08. The average molecular weight is 276 g/mol. The number of fused-ring (bicyclic) bond motifs is 1. The summed E-state index contributed by atoms with van der Waals surface area (Å²) in [5, 5.41) is 4.63. The van der Waals surface area contributed by atoms with E-state index in [0.29, 0.717) is 0 Å². The maximum absolute atomic E-state index is 4.47. The number of rotatable bonds is 3. The smallest absolute Gasteiger partial charge is 0.0705 e. The lowest BCUT2D eigenvalue weighted by molar-refractivity contribution is 0.684. The van der Waals surface area contributed by atoms with Gasteiger partial charge in [0, 0.05) is 11.6 Å². The highest BCUT2D eigenvalue weighted by molar-refractivity contribution is 5.79. The van der Waals surface area contributed by atoms with Gasteiger partial charge in [-0.25, -0.2) is 0 Å². The topological polar surface area (TPSA) is 24.9 Å². The van der Waals surface area contributed by atoms with E-state index in [-0.39, 0.29) is 6.04 Å². The fourth-order valence-electron chi connectivity index (χ4n) is 3.02. The molecule has 1 unspecified atom stereocenters. The van der Waals surface area contributed by atoms with E-state index in [4.69, 9.17) is 0 Å². The Labute approximate surface area is 125 Å². The molecule has 0 aliphatic heterocycles. The SMILES string of the molecule is CNC(c1ccc2cccnc2c1)c1c(C)cccc1C. The molecule has 0 saturated carbocycles. The van der Waals surface area contributed by atoms with Crippen LogP contribution in [-0.4, -0.2) is 12.0 Å². The summed E-state index contributed by atoms with van der Waals surface area (Å²) in [7, 11) is 2.01. The van der Waals surface area contributed by atoms with Crippen molar-refractivity contribution in [2.24, 2.45) is 0 Å². The van der Waals surface area contributed by atoms with Crippen molar-refractivity contribution in [2.45, 2.75) is 19.9 Å². The van der Waals surface area contributed by atoms with Gasteiger partial charge in [-0.2, -0.15) is 0 Å². The van der Waals surface area contributed by atoms with Gasteiger partial charge >= 0.3 is 0 Å². The first-order chi connectivity index (χ1) is 10.2. The van der Waals surface area contributed by atoms with Crippen molar-refractivity contribution < 1.29 is 0 Å². The van der Waals surface area contributed by atoms with Crippen LogP contribution in [-0.2, 0) is 0 Å². The standard InChI is InChI=1S/C19H20N2/c1-13-6-4-7-14(2)18(13)19(20-3)16-10-9-15-8-5-11-21-17(15)12-16/h4-12,19-20H,1-3H3. The molecular weight excluding hydrogens is 256 g/mol. The van der Waals surface area contributed by atoms with E-state index in [1.165, 1.54) is 27.6 Å². The molecule has 1 heterocycles. The highest BCUT2D eigenvalue weighted by atomic mass is 14.9. The molecule has 1 aromatic heterocycles. The predicted molar refractivity (Wildman–Crippen MR) is 88.6 cm³/mol. The number of hydrogen-bond acceptors (Lipinski definition) is 2. The van der Waals surface area contributed by atoms with Gasteiger partial charge in [-0.3, -0.25) is 4.98 Å². The van der Waals surface area contributed by atoms with Gasteiger partial charge in [0.15, 0.2) is 0 Å². The van der Waals surface area contributed by atoms with Crippen LogP contribution in [0.2, 0.25) is 0 Å². The van der Waals surface area contributed by atoms with E-state index in [1.54, 1.807) is 0 Å². The normalized spacial score (nSPS) is 12.5. The van der Waals surface area contributed by atoms with E-state index >= 15 is 0 Å². The molecule has 2 nitrogen and oxygen atoms in total. The van der Waals surface area contributed by atoms with Crippen LogP contribution in [0.1, 0.15) is 28.3 Å². The van der Waals surface area contributed by atoms with Crippen LogP contribution < -0.4 is 5.32 Å². The number of hydrogen-bond donors (Lipinski definition) is 1. The molecule has 2 aromatic carbocycles. The molecule has 1 N–H and O–H groups in total. The Balaban J connectivity index is 2.14. The van der Waals surface area contributed by atoms with E-state index in [1.807, 2.05) is 19.3 Å². The van der Waals surface area contributed by atoms with Crippen LogP contribution in [0.15, 0.2) is 54.7 Å². The molecule has 0 aliphatic rings. The first-order valence-corrected chi connectivity index (χ1v) is 7.29. The molecular formula is C19H20N2. The van der Waals surface area contributed by atoms with Gasteiger partial charge in [-0.15, -0.1) is 0 Å². The fraction of sp³-hybridized carbons (Fsp3) is 0.211. The first-order valence-electron chi connectivity index (χ1n) is 7.29. The zero-order chi connectivity index (χ0) is 14.8. The summed E-state index contributed by atoms with van der Waals surface area (Å²) in [6.07, 6.45) is 1.85. The molecule has 0 spiro atoms. The second-order valence-corrected chi connectivity index (χ2v) is 5.48. The first kappa shape index (κ1) is 13.8. The zero-order valence-electron chi connectivity index (χ0n) is 12.7. The number of pyridine rings is 1. The Morgan fingerprint density at radius 2 is 1.71 bits per heavy atom. The molecule has 3 aromatic rings. The molecule has 2 heteroatoms. The largest absolute Gasteiger partial charge is 0.309 e. The number of aryl methyl sites for hydroxylation is 2. The van der Waals surface area contributed by atoms with Gasteiger partial charge in [-0.05, 0) is 55.3 Å². The summed E-state index contributed by atoms with van der Waals surface area (Å²) in [5.74, 6) is 0. The highest BCUT2D eigenvalue weighted by Crippen LogP contribution is 2.29. The lowest BCUT2D eigenvalue weighted by Crippen LogP contribution is -2.19. The average Bonchev–Trinajstić information content (AvgIpc) is 2.50. The minimum absolute atomic E-state index is 0.192. The number of benzene rings is 2. The molecule has 0 fully saturated rings. The van der Waals surface area contributed by atoms with Gasteiger partial charge in [0.1, 0.15) is 0 Å². The van der Waals surface area contributed by atoms with Gasteiger partial charge < -0.3 is 5.32 Å². The Morgan fingerprint density at radius 3 is 2.43 bits per heavy atom. The van der Waals surface area contributed by atoms with Crippen LogP contribution in [0.3, 0.4) is 0 Å². The summed E-state index contributed by atoms with van der Waals surface area (Å²) in [6, 6.07) is 17.2. The van der Waals surface area contributed by atoms with Gasteiger partial charge in [-0.1, -0.05) is 36.4 Å². The molecule has 3 rings (SSSR count). The van der Waals surface area contributed by atoms with Crippen LogP contribution >= 0.6 is 0 Å². The minimum Gasteiger partial charge on any atom is -0.309 e. The third kappa shape index (κ3) is 2.55. The molecule has 106 valence electrons. The van der Waals surface area contributed by atoms with E-state index < -0.39 is 0 Å². The molecule has 21 heavy (non-hydrogen) atoms. The summed E-state index contributed by atoms with van der Waals surface area (Å²) in [6.45, 7) is 4.35.